The van der Waals surface area contributed by atoms with Gasteiger partial charge in [0.1, 0.15) is 0 Å². The number of nitrogens with two attached hydrogens (primary N) is 1. The van der Waals surface area contributed by atoms with Gasteiger partial charge in [0, 0.05) is 13.1 Å². The number of hydrogen-bond acceptors (Lipinski definition) is 3. The first-order chi connectivity index (χ1) is 10.1. The largest absolute Gasteiger partial charge is 0.491 e. The van der Waals surface area contributed by atoms with Gasteiger partial charge in [0.15, 0.2) is 5.75 Å². The standard InChI is InChI=1S/C17H28N2O2/c1-5-13(6-2)12-19(7-3)17(20)14-10-9-11-15(18)16(14)21-8-4/h9-11,13H,5-8,12,18H2,1-4H3. The number of ether oxygens (including phenoxy) is 1. The van der Waals surface area contributed by atoms with Crippen molar-refractivity contribution < 1.29 is 9.53 Å². The molecule has 0 aromatic heterocycles. The molecule has 0 aliphatic heterocycles. The molecule has 1 rings (SSSR count). The molecule has 0 bridgehead atoms. The molecule has 2 N–H and O–H groups in total. The van der Waals surface area contributed by atoms with Crippen LogP contribution in [0.25, 0.3) is 0 Å². The van der Waals surface area contributed by atoms with E-state index in [4.69, 9.17) is 10.5 Å². The van der Waals surface area contributed by atoms with E-state index in [9.17, 15) is 4.79 Å². The van der Waals surface area contributed by atoms with Gasteiger partial charge in [-0.05, 0) is 31.9 Å². The molecule has 0 unspecified atom stereocenters. The fraction of sp³-hybridized carbons (Fsp3) is 0.588. The first kappa shape index (κ1) is 17.3. The van der Waals surface area contributed by atoms with Crippen molar-refractivity contribution in [1.82, 2.24) is 4.90 Å². The maximum atomic E-state index is 12.8. The summed E-state index contributed by atoms with van der Waals surface area (Å²) in [7, 11) is 0. The second kappa shape index (κ2) is 8.55. The number of amides is 1. The van der Waals surface area contributed by atoms with Crippen molar-refractivity contribution in [3.05, 3.63) is 23.8 Å². The lowest BCUT2D eigenvalue weighted by molar-refractivity contribution is 0.0731. The van der Waals surface area contributed by atoms with Crippen LogP contribution < -0.4 is 10.5 Å². The number of nitrogens with zero attached hydrogens (tertiary/aromatic N) is 1. The van der Waals surface area contributed by atoms with Gasteiger partial charge in [-0.25, -0.2) is 0 Å². The van der Waals surface area contributed by atoms with Crippen molar-refractivity contribution in [2.75, 3.05) is 25.4 Å². The van der Waals surface area contributed by atoms with Gasteiger partial charge in [-0.15, -0.1) is 0 Å². The highest BCUT2D eigenvalue weighted by atomic mass is 16.5. The quantitative estimate of drug-likeness (QED) is 0.745. The fourth-order valence-electron chi connectivity index (χ4n) is 2.41. The van der Waals surface area contributed by atoms with Crippen LogP contribution in [-0.4, -0.2) is 30.5 Å². The number of rotatable bonds is 8. The van der Waals surface area contributed by atoms with Crippen LogP contribution in [0.3, 0.4) is 0 Å². The zero-order valence-electron chi connectivity index (χ0n) is 13.7. The van der Waals surface area contributed by atoms with E-state index in [-0.39, 0.29) is 5.91 Å². The third kappa shape index (κ3) is 4.38. The molecule has 118 valence electrons. The lowest BCUT2D eigenvalue weighted by atomic mass is 10.0. The zero-order valence-corrected chi connectivity index (χ0v) is 13.7. The summed E-state index contributed by atoms with van der Waals surface area (Å²) in [5.74, 6) is 1.04. The van der Waals surface area contributed by atoms with Crippen LogP contribution in [0, 0.1) is 5.92 Å². The van der Waals surface area contributed by atoms with Crippen molar-refractivity contribution in [3.63, 3.8) is 0 Å². The predicted octanol–water partition coefficient (Wildman–Crippen LogP) is 3.57. The van der Waals surface area contributed by atoms with Crippen LogP contribution in [0.15, 0.2) is 18.2 Å². The Kier molecular flexibility index (Phi) is 7.06. The van der Waals surface area contributed by atoms with Crippen molar-refractivity contribution in [2.45, 2.75) is 40.5 Å². The molecule has 0 atom stereocenters. The van der Waals surface area contributed by atoms with E-state index < -0.39 is 0 Å². The molecular weight excluding hydrogens is 264 g/mol. The number of anilines is 1. The molecule has 21 heavy (non-hydrogen) atoms. The predicted molar refractivity (Wildman–Crippen MR) is 87.7 cm³/mol. The van der Waals surface area contributed by atoms with Crippen molar-refractivity contribution in [3.8, 4) is 5.75 Å². The Morgan fingerprint density at radius 3 is 2.43 bits per heavy atom. The van der Waals surface area contributed by atoms with E-state index in [1.807, 2.05) is 18.7 Å². The lowest BCUT2D eigenvalue weighted by Crippen LogP contribution is -2.35. The first-order valence-corrected chi connectivity index (χ1v) is 7.89. The number of carbonyl (C=O) groups is 1. The monoisotopic (exact) mass is 292 g/mol. The summed E-state index contributed by atoms with van der Waals surface area (Å²) in [5, 5.41) is 0. The molecule has 1 amide bonds. The van der Waals surface area contributed by atoms with Crippen LogP contribution in [0.2, 0.25) is 0 Å². The average molecular weight is 292 g/mol. The van der Waals surface area contributed by atoms with Crippen LogP contribution in [0.1, 0.15) is 50.9 Å². The summed E-state index contributed by atoms with van der Waals surface area (Å²) in [4.78, 5) is 14.7. The normalized spacial score (nSPS) is 10.7. The van der Waals surface area contributed by atoms with E-state index in [1.54, 1.807) is 18.2 Å². The number of benzene rings is 1. The second-order valence-electron chi connectivity index (χ2n) is 5.18. The maximum absolute atomic E-state index is 12.8. The fourth-order valence-corrected chi connectivity index (χ4v) is 2.41. The van der Waals surface area contributed by atoms with Gasteiger partial charge in [0.25, 0.3) is 5.91 Å². The van der Waals surface area contributed by atoms with Gasteiger partial charge in [-0.3, -0.25) is 4.79 Å². The molecule has 0 aliphatic rings. The average Bonchev–Trinajstić information content (AvgIpc) is 2.50. The summed E-state index contributed by atoms with van der Waals surface area (Å²) in [6.07, 6.45) is 2.16. The molecule has 1 aromatic carbocycles. The van der Waals surface area contributed by atoms with Crippen LogP contribution in [0.5, 0.6) is 5.75 Å². The molecule has 1 aromatic rings. The van der Waals surface area contributed by atoms with E-state index in [0.717, 1.165) is 19.4 Å². The summed E-state index contributed by atoms with van der Waals surface area (Å²) < 4.78 is 5.57. The van der Waals surface area contributed by atoms with Gasteiger partial charge in [0.05, 0.1) is 17.9 Å². The van der Waals surface area contributed by atoms with Crippen LogP contribution in [-0.2, 0) is 0 Å². The number of para-hydroxylation sites is 1. The smallest absolute Gasteiger partial charge is 0.257 e. The van der Waals surface area contributed by atoms with E-state index in [2.05, 4.69) is 13.8 Å². The first-order valence-electron chi connectivity index (χ1n) is 7.89. The zero-order chi connectivity index (χ0) is 15.8. The molecule has 0 saturated carbocycles. The van der Waals surface area contributed by atoms with Crippen molar-refractivity contribution in [1.29, 1.82) is 0 Å². The van der Waals surface area contributed by atoms with E-state index in [0.29, 0.717) is 36.1 Å². The van der Waals surface area contributed by atoms with Gasteiger partial charge >= 0.3 is 0 Å². The minimum Gasteiger partial charge on any atom is -0.491 e. The Labute approximate surface area is 128 Å². The van der Waals surface area contributed by atoms with Crippen molar-refractivity contribution >= 4 is 11.6 Å². The molecule has 0 saturated heterocycles. The molecule has 0 spiro atoms. The van der Waals surface area contributed by atoms with Gasteiger partial charge in [-0.2, -0.15) is 0 Å². The maximum Gasteiger partial charge on any atom is 0.257 e. The molecule has 0 heterocycles. The second-order valence-corrected chi connectivity index (χ2v) is 5.18. The molecule has 4 nitrogen and oxygen atoms in total. The Hall–Kier alpha value is -1.71. The SMILES string of the molecule is CCOc1c(N)cccc1C(=O)N(CC)CC(CC)CC. The topological polar surface area (TPSA) is 55.6 Å². The summed E-state index contributed by atoms with van der Waals surface area (Å²) in [6, 6.07) is 5.36. The molecule has 0 aliphatic carbocycles. The molecule has 0 radical (unpaired) electrons. The highest BCUT2D eigenvalue weighted by Crippen LogP contribution is 2.28. The Balaban J connectivity index is 3.02. The Morgan fingerprint density at radius 2 is 1.90 bits per heavy atom. The highest BCUT2D eigenvalue weighted by molar-refractivity contribution is 5.98. The third-order valence-corrected chi connectivity index (χ3v) is 3.87. The third-order valence-electron chi connectivity index (χ3n) is 3.87. The Morgan fingerprint density at radius 1 is 1.24 bits per heavy atom. The summed E-state index contributed by atoms with van der Waals surface area (Å²) >= 11 is 0. The minimum absolute atomic E-state index is 0.000139. The summed E-state index contributed by atoms with van der Waals surface area (Å²) in [5.41, 5.74) is 7.02. The van der Waals surface area contributed by atoms with Crippen LogP contribution in [0.4, 0.5) is 5.69 Å². The Bertz CT molecular complexity index is 456. The van der Waals surface area contributed by atoms with Gasteiger partial charge in [0.2, 0.25) is 0 Å². The van der Waals surface area contributed by atoms with Gasteiger partial charge in [-0.1, -0.05) is 32.8 Å². The number of hydrogen-bond donors (Lipinski definition) is 1. The summed E-state index contributed by atoms with van der Waals surface area (Å²) in [6.45, 7) is 10.2. The van der Waals surface area contributed by atoms with E-state index >= 15 is 0 Å². The minimum atomic E-state index is 0.000139. The van der Waals surface area contributed by atoms with Crippen molar-refractivity contribution in [2.24, 2.45) is 5.92 Å². The molecular formula is C17H28N2O2. The molecule has 0 fully saturated rings. The number of nitrogen functional groups attached to an aromatic ring is 1. The lowest BCUT2D eigenvalue weighted by Gasteiger charge is -2.26. The highest BCUT2D eigenvalue weighted by Gasteiger charge is 2.21. The van der Waals surface area contributed by atoms with Gasteiger partial charge < -0.3 is 15.4 Å². The van der Waals surface area contributed by atoms with Crippen LogP contribution >= 0.6 is 0 Å². The molecule has 4 heteroatoms. The number of carbonyl (C=O) groups excluding carboxylic acids is 1. The van der Waals surface area contributed by atoms with E-state index in [1.165, 1.54) is 0 Å².